The molecule has 1 aliphatic heterocycles. The minimum absolute atomic E-state index is 0.137. The molecular weight excluding hydrogens is 524 g/mol. The summed E-state index contributed by atoms with van der Waals surface area (Å²) in [6, 6.07) is 10.6. The predicted octanol–water partition coefficient (Wildman–Crippen LogP) is 7.77. The van der Waals surface area contributed by atoms with Gasteiger partial charge in [0.05, 0.1) is 4.91 Å². The molecule has 1 aromatic heterocycles. The minimum atomic E-state index is 0.137. The van der Waals surface area contributed by atoms with Gasteiger partial charge in [0, 0.05) is 20.8 Å². The van der Waals surface area contributed by atoms with E-state index in [1.54, 1.807) is 11.3 Å². The lowest BCUT2D eigenvalue weighted by Gasteiger charge is -2.56. The fraction of sp³-hybridized carbons (Fsp3) is 0.517. The number of thioether (sulfide) groups is 1. The van der Waals surface area contributed by atoms with E-state index in [0.717, 1.165) is 63.9 Å². The molecule has 7 rings (SSSR count). The van der Waals surface area contributed by atoms with Crippen LogP contribution in [0, 0.1) is 23.7 Å². The van der Waals surface area contributed by atoms with Crippen molar-refractivity contribution in [3.63, 3.8) is 0 Å². The molecule has 4 bridgehead atoms. The van der Waals surface area contributed by atoms with E-state index in [-0.39, 0.29) is 5.91 Å². The van der Waals surface area contributed by atoms with Gasteiger partial charge in [-0.2, -0.15) is 0 Å². The molecule has 2 N–H and O–H groups in total. The second-order valence-corrected chi connectivity index (χ2v) is 14.3. The van der Waals surface area contributed by atoms with E-state index in [1.807, 2.05) is 17.0 Å². The zero-order chi connectivity index (χ0) is 24.8. The third kappa shape index (κ3) is 4.84. The molecule has 7 heteroatoms. The maximum absolute atomic E-state index is 13.8. The molecule has 4 aliphatic carbocycles. The second kappa shape index (κ2) is 10.5. The minimum Gasteiger partial charge on any atom is -0.330 e. The van der Waals surface area contributed by atoms with Crippen LogP contribution in [0.25, 0.3) is 16.5 Å². The predicted molar refractivity (Wildman–Crippen MR) is 157 cm³/mol. The van der Waals surface area contributed by atoms with E-state index < -0.39 is 0 Å². The van der Waals surface area contributed by atoms with Crippen molar-refractivity contribution >= 4 is 63.2 Å². The highest BCUT2D eigenvalue weighted by Gasteiger charge is 2.53. The molecule has 0 radical (unpaired) electrons. The van der Waals surface area contributed by atoms with Gasteiger partial charge < -0.3 is 5.73 Å². The van der Waals surface area contributed by atoms with E-state index >= 15 is 0 Å². The van der Waals surface area contributed by atoms with Crippen LogP contribution < -0.4 is 5.73 Å². The lowest BCUT2D eigenvalue weighted by Crippen LogP contribution is -2.57. The van der Waals surface area contributed by atoms with Crippen LogP contribution in [-0.2, 0) is 11.2 Å². The van der Waals surface area contributed by atoms with E-state index in [9.17, 15) is 4.79 Å². The number of halogens is 1. The maximum Gasteiger partial charge on any atom is 0.266 e. The number of benzene rings is 1. The molecule has 1 aromatic carbocycles. The van der Waals surface area contributed by atoms with Gasteiger partial charge in [-0.25, -0.2) is 0 Å². The van der Waals surface area contributed by atoms with Crippen LogP contribution in [0.15, 0.2) is 35.2 Å². The lowest BCUT2D eigenvalue weighted by molar-refractivity contribution is -0.130. The van der Waals surface area contributed by atoms with Crippen molar-refractivity contribution < 1.29 is 4.79 Å². The lowest BCUT2D eigenvalue weighted by atomic mass is 9.54. The smallest absolute Gasteiger partial charge is 0.266 e. The molecule has 1 amide bonds. The van der Waals surface area contributed by atoms with Crippen LogP contribution in [0.2, 0.25) is 5.02 Å². The summed E-state index contributed by atoms with van der Waals surface area (Å²) in [5.41, 5.74) is 8.18. The summed E-state index contributed by atoms with van der Waals surface area (Å²) in [5, 5.41) is 0.742. The first-order valence-electron chi connectivity index (χ1n) is 13.4. The number of amides is 1. The standard InChI is InChI=1S/C29H33ClN2OS3/c30-23-7-5-19(6-8-23)24-15-20(4-2-1-3-9-31)25(35-24)16-26-28(33)32(29(34)36-26)27-21-11-17-10-18(13-21)14-22(27)12-17/h5-8,15-18,21-22,27H,1-4,9-14,31H2. The number of hydrogen-bond acceptors (Lipinski definition) is 5. The maximum atomic E-state index is 13.8. The van der Waals surface area contributed by atoms with Gasteiger partial charge in [0.25, 0.3) is 5.91 Å². The molecule has 36 heavy (non-hydrogen) atoms. The van der Waals surface area contributed by atoms with Crippen molar-refractivity contribution in [3.8, 4) is 10.4 Å². The first-order valence-corrected chi connectivity index (χ1v) is 15.8. The number of nitrogens with two attached hydrogens (primary N) is 1. The summed E-state index contributed by atoms with van der Waals surface area (Å²) in [4.78, 5) is 19.0. The van der Waals surface area contributed by atoms with E-state index in [2.05, 4.69) is 24.3 Å². The number of carbonyl (C=O) groups is 1. The van der Waals surface area contributed by atoms with Gasteiger partial charge in [0.15, 0.2) is 0 Å². The Kier molecular flexibility index (Phi) is 7.35. The quantitative estimate of drug-likeness (QED) is 0.205. The largest absolute Gasteiger partial charge is 0.330 e. The van der Waals surface area contributed by atoms with Gasteiger partial charge in [-0.05, 0) is 117 Å². The van der Waals surface area contributed by atoms with E-state index in [1.165, 1.54) is 59.2 Å². The van der Waals surface area contributed by atoms with Crippen molar-refractivity contribution in [2.75, 3.05) is 6.54 Å². The van der Waals surface area contributed by atoms with Crippen molar-refractivity contribution in [2.24, 2.45) is 29.4 Å². The summed E-state index contributed by atoms with van der Waals surface area (Å²) in [6.07, 6.45) is 13.0. The van der Waals surface area contributed by atoms with Crippen molar-refractivity contribution in [2.45, 2.75) is 63.8 Å². The Balaban J connectivity index is 1.27. The zero-order valence-electron chi connectivity index (χ0n) is 20.5. The molecule has 0 spiro atoms. The van der Waals surface area contributed by atoms with Crippen molar-refractivity contribution in [1.82, 2.24) is 4.90 Å². The topological polar surface area (TPSA) is 46.3 Å². The Labute approximate surface area is 232 Å². The average molecular weight is 557 g/mol. The molecule has 0 unspecified atom stereocenters. The zero-order valence-corrected chi connectivity index (χ0v) is 23.7. The Morgan fingerprint density at radius 1 is 1.03 bits per heavy atom. The molecule has 4 saturated carbocycles. The molecule has 3 nitrogen and oxygen atoms in total. The Morgan fingerprint density at radius 2 is 1.72 bits per heavy atom. The fourth-order valence-electron chi connectivity index (χ4n) is 7.33. The number of thiophene rings is 1. The fourth-order valence-corrected chi connectivity index (χ4v) is 10.0. The number of nitrogens with zero attached hydrogens (tertiary/aromatic N) is 1. The summed E-state index contributed by atoms with van der Waals surface area (Å²) >= 11 is 15.2. The van der Waals surface area contributed by atoms with Crippen LogP contribution in [0.5, 0.6) is 0 Å². The van der Waals surface area contributed by atoms with Gasteiger partial charge >= 0.3 is 0 Å². The van der Waals surface area contributed by atoms with Crippen LogP contribution in [0.3, 0.4) is 0 Å². The molecule has 2 heterocycles. The average Bonchev–Trinajstić information content (AvgIpc) is 3.37. The van der Waals surface area contributed by atoms with Gasteiger partial charge in [-0.15, -0.1) is 11.3 Å². The summed E-state index contributed by atoms with van der Waals surface area (Å²) in [6.45, 7) is 0.736. The summed E-state index contributed by atoms with van der Waals surface area (Å²) in [7, 11) is 0. The Bertz CT molecular complexity index is 1160. The number of thiocarbonyl (C=S) groups is 1. The highest BCUT2D eigenvalue weighted by atomic mass is 35.5. The van der Waals surface area contributed by atoms with Crippen molar-refractivity contribution in [1.29, 1.82) is 0 Å². The van der Waals surface area contributed by atoms with E-state index in [0.29, 0.717) is 17.9 Å². The number of unbranched alkanes of at least 4 members (excludes halogenated alkanes) is 2. The highest BCUT2D eigenvalue weighted by molar-refractivity contribution is 8.26. The second-order valence-electron chi connectivity index (χ2n) is 11.1. The van der Waals surface area contributed by atoms with Crippen LogP contribution in [-0.4, -0.2) is 27.7 Å². The van der Waals surface area contributed by atoms with Crippen LogP contribution in [0.4, 0.5) is 0 Å². The molecule has 190 valence electrons. The monoisotopic (exact) mass is 556 g/mol. The molecule has 5 fully saturated rings. The first kappa shape index (κ1) is 25.1. The normalized spacial score (nSPS) is 30.2. The Morgan fingerprint density at radius 3 is 2.39 bits per heavy atom. The van der Waals surface area contributed by atoms with Crippen LogP contribution in [0.1, 0.15) is 61.8 Å². The summed E-state index contributed by atoms with van der Waals surface area (Å²) in [5.74, 6) is 3.19. The first-order chi connectivity index (χ1) is 17.5. The molecule has 5 aliphatic rings. The van der Waals surface area contributed by atoms with E-state index in [4.69, 9.17) is 29.6 Å². The third-order valence-corrected chi connectivity index (χ3v) is 11.4. The number of aryl methyl sites for hydroxylation is 1. The molecule has 1 saturated heterocycles. The molecule has 2 aromatic rings. The number of hydrogen-bond donors (Lipinski definition) is 1. The van der Waals surface area contributed by atoms with Crippen LogP contribution >= 0.6 is 46.9 Å². The molecule has 0 atom stereocenters. The molecular formula is C29H33ClN2OS3. The Hall–Kier alpha value is -1.18. The SMILES string of the molecule is NCCCCCc1cc(-c2ccc(Cl)cc2)sc1C=C1SC(=S)N(C2C3CC4CC(C3)CC2C4)C1=O. The number of carbonyl (C=O) groups excluding carboxylic acids is 1. The van der Waals surface area contributed by atoms with Gasteiger partial charge in [-0.1, -0.05) is 54.1 Å². The third-order valence-electron chi connectivity index (χ3n) is 8.68. The van der Waals surface area contributed by atoms with Gasteiger partial charge in [0.2, 0.25) is 0 Å². The number of rotatable bonds is 8. The highest BCUT2D eigenvalue weighted by Crippen LogP contribution is 2.56. The summed E-state index contributed by atoms with van der Waals surface area (Å²) < 4.78 is 0.766. The van der Waals surface area contributed by atoms with Gasteiger partial charge in [0.1, 0.15) is 4.32 Å². The van der Waals surface area contributed by atoms with Crippen molar-refractivity contribution in [3.05, 3.63) is 50.7 Å². The van der Waals surface area contributed by atoms with Gasteiger partial charge in [-0.3, -0.25) is 9.69 Å².